The fourth-order valence-electron chi connectivity index (χ4n) is 1.10. The van der Waals surface area contributed by atoms with Gasteiger partial charge in [-0.05, 0) is 24.4 Å². The fraction of sp³-hybridized carbons (Fsp3) is 0.571. The minimum Gasteiger partial charge on any atom is -0.395 e. The highest BCUT2D eigenvalue weighted by Crippen LogP contribution is 2.04. The maximum absolute atomic E-state index is 8.84. The molecular weight excluding hydrogens is 236 g/mol. The standard InChI is InChI=1S/C7H12N4O2S2/c12-3-1-11(2-4-13)5-8-6(14)10-7(15)9-5/h12-13H,1-4H2,(H2,8,9,10,14,15). The van der Waals surface area contributed by atoms with Crippen LogP contribution in [0.5, 0.6) is 0 Å². The number of rotatable bonds is 5. The van der Waals surface area contributed by atoms with Crippen LogP contribution in [0.1, 0.15) is 0 Å². The molecule has 15 heavy (non-hydrogen) atoms. The van der Waals surface area contributed by atoms with Crippen LogP contribution < -0.4 is 4.90 Å². The molecule has 0 saturated carbocycles. The van der Waals surface area contributed by atoms with E-state index in [-0.39, 0.29) is 18.0 Å². The molecule has 1 heterocycles. The van der Waals surface area contributed by atoms with Crippen LogP contribution in [0.4, 0.5) is 5.95 Å². The van der Waals surface area contributed by atoms with Crippen molar-refractivity contribution in [1.29, 1.82) is 0 Å². The molecule has 6 nitrogen and oxygen atoms in total. The van der Waals surface area contributed by atoms with Gasteiger partial charge in [0.05, 0.1) is 13.2 Å². The van der Waals surface area contributed by atoms with Crippen molar-refractivity contribution < 1.29 is 10.2 Å². The monoisotopic (exact) mass is 248 g/mol. The third-order valence-corrected chi connectivity index (χ3v) is 2.09. The largest absolute Gasteiger partial charge is 0.395 e. The molecule has 0 fully saturated rings. The zero-order valence-electron chi connectivity index (χ0n) is 7.93. The van der Waals surface area contributed by atoms with E-state index in [4.69, 9.17) is 34.6 Å². The molecule has 0 radical (unpaired) electrons. The van der Waals surface area contributed by atoms with Crippen molar-refractivity contribution in [3.63, 3.8) is 0 Å². The Labute approximate surface area is 96.6 Å². The highest BCUT2D eigenvalue weighted by molar-refractivity contribution is 7.71. The summed E-state index contributed by atoms with van der Waals surface area (Å²) in [6, 6.07) is 0. The van der Waals surface area contributed by atoms with Crippen LogP contribution in [-0.2, 0) is 0 Å². The van der Waals surface area contributed by atoms with Gasteiger partial charge in [0.1, 0.15) is 0 Å². The molecule has 0 aliphatic rings. The van der Waals surface area contributed by atoms with Crippen LogP contribution in [0, 0.1) is 9.54 Å². The van der Waals surface area contributed by atoms with E-state index in [0.29, 0.717) is 23.8 Å². The second kappa shape index (κ2) is 5.91. The molecule has 1 aromatic heterocycles. The molecule has 0 amide bonds. The molecule has 0 aromatic carbocycles. The Bertz CT molecular complexity index is 382. The van der Waals surface area contributed by atoms with Gasteiger partial charge in [-0.3, -0.25) is 0 Å². The van der Waals surface area contributed by atoms with Crippen molar-refractivity contribution >= 4 is 30.4 Å². The van der Waals surface area contributed by atoms with Gasteiger partial charge in [0.2, 0.25) is 10.7 Å². The van der Waals surface area contributed by atoms with Crippen molar-refractivity contribution in [3.05, 3.63) is 9.54 Å². The Morgan fingerprint density at radius 2 is 1.73 bits per heavy atom. The quantitative estimate of drug-likeness (QED) is 0.548. The summed E-state index contributed by atoms with van der Waals surface area (Å²) in [6.45, 7) is 0.649. The topological polar surface area (TPSA) is 88.2 Å². The summed E-state index contributed by atoms with van der Waals surface area (Å²) in [5.41, 5.74) is 0. The van der Waals surface area contributed by atoms with Gasteiger partial charge in [-0.2, -0.15) is 4.98 Å². The van der Waals surface area contributed by atoms with Crippen LogP contribution in [-0.4, -0.2) is 51.5 Å². The molecule has 0 aliphatic carbocycles. The number of aliphatic hydroxyl groups is 2. The van der Waals surface area contributed by atoms with Gasteiger partial charge < -0.3 is 25.1 Å². The van der Waals surface area contributed by atoms with E-state index in [9.17, 15) is 0 Å². The van der Waals surface area contributed by atoms with Crippen LogP contribution in [0.15, 0.2) is 0 Å². The lowest BCUT2D eigenvalue weighted by Gasteiger charge is -2.20. The molecule has 8 heteroatoms. The lowest BCUT2D eigenvalue weighted by atomic mass is 10.5. The summed E-state index contributed by atoms with van der Waals surface area (Å²) in [4.78, 5) is 11.1. The summed E-state index contributed by atoms with van der Waals surface area (Å²) >= 11 is 9.77. The van der Waals surface area contributed by atoms with Crippen LogP contribution in [0.25, 0.3) is 0 Å². The maximum atomic E-state index is 8.84. The Morgan fingerprint density at radius 3 is 2.20 bits per heavy atom. The number of nitrogens with zero attached hydrogens (tertiary/aromatic N) is 2. The van der Waals surface area contributed by atoms with E-state index in [1.807, 2.05) is 0 Å². The molecule has 0 aliphatic heterocycles. The van der Waals surface area contributed by atoms with Crippen molar-refractivity contribution in [2.24, 2.45) is 0 Å². The summed E-state index contributed by atoms with van der Waals surface area (Å²) in [7, 11) is 0. The van der Waals surface area contributed by atoms with E-state index < -0.39 is 0 Å². The average Bonchev–Trinajstić information content (AvgIpc) is 2.16. The minimum absolute atomic E-state index is 0.0341. The third-order valence-electron chi connectivity index (χ3n) is 1.69. The van der Waals surface area contributed by atoms with Crippen molar-refractivity contribution in [2.75, 3.05) is 31.2 Å². The van der Waals surface area contributed by atoms with Crippen molar-refractivity contribution in [3.8, 4) is 0 Å². The Balaban J connectivity index is 2.99. The SMILES string of the molecule is OCCN(CCO)c1nc(=S)[nH]c(=S)[nH]1. The van der Waals surface area contributed by atoms with E-state index in [1.165, 1.54) is 0 Å². The molecule has 84 valence electrons. The van der Waals surface area contributed by atoms with Gasteiger partial charge in [-0.1, -0.05) is 0 Å². The minimum atomic E-state index is -0.0341. The van der Waals surface area contributed by atoms with E-state index >= 15 is 0 Å². The van der Waals surface area contributed by atoms with Crippen LogP contribution >= 0.6 is 24.4 Å². The highest BCUT2D eigenvalue weighted by atomic mass is 32.1. The zero-order chi connectivity index (χ0) is 11.3. The number of hydrogen-bond acceptors (Lipinski definition) is 6. The maximum Gasteiger partial charge on any atom is 0.207 e. The molecular formula is C7H12N4O2S2. The first-order valence-electron chi connectivity index (χ1n) is 4.34. The first kappa shape index (κ1) is 12.2. The molecule has 0 bridgehead atoms. The average molecular weight is 248 g/mol. The number of hydrogen-bond donors (Lipinski definition) is 4. The summed E-state index contributed by atoms with van der Waals surface area (Å²) in [6.07, 6.45) is 0. The lowest BCUT2D eigenvalue weighted by molar-refractivity contribution is 0.280. The van der Waals surface area contributed by atoms with E-state index in [2.05, 4.69) is 15.0 Å². The smallest absolute Gasteiger partial charge is 0.207 e. The van der Waals surface area contributed by atoms with Gasteiger partial charge in [0, 0.05) is 13.1 Å². The number of H-pyrrole nitrogens is 2. The molecule has 0 unspecified atom stereocenters. The Hall–Kier alpha value is -0.830. The van der Waals surface area contributed by atoms with Crippen LogP contribution in [0.3, 0.4) is 0 Å². The van der Waals surface area contributed by atoms with Gasteiger partial charge in [0.25, 0.3) is 0 Å². The van der Waals surface area contributed by atoms with E-state index in [0.717, 1.165) is 0 Å². The first-order valence-corrected chi connectivity index (χ1v) is 5.16. The van der Waals surface area contributed by atoms with Gasteiger partial charge in [-0.25, -0.2) is 0 Å². The van der Waals surface area contributed by atoms with Gasteiger partial charge in [-0.15, -0.1) is 0 Å². The van der Waals surface area contributed by atoms with Gasteiger partial charge >= 0.3 is 0 Å². The molecule has 1 aromatic rings. The second-order valence-corrected chi connectivity index (χ2v) is 3.55. The predicted octanol–water partition coefficient (Wildman–Crippen LogP) is -0.0122. The second-order valence-electron chi connectivity index (χ2n) is 2.75. The van der Waals surface area contributed by atoms with Gasteiger partial charge in [0.15, 0.2) is 4.77 Å². The van der Waals surface area contributed by atoms with E-state index in [1.54, 1.807) is 4.90 Å². The number of aromatic nitrogens is 3. The molecule has 1 rings (SSSR count). The summed E-state index contributed by atoms with van der Waals surface area (Å²) in [5, 5.41) is 17.7. The fourth-order valence-corrected chi connectivity index (χ4v) is 1.54. The molecule has 4 N–H and O–H groups in total. The number of anilines is 1. The highest BCUT2D eigenvalue weighted by Gasteiger charge is 2.07. The molecule has 0 saturated heterocycles. The normalized spacial score (nSPS) is 10.3. The third kappa shape index (κ3) is 3.67. The molecule has 0 spiro atoms. The predicted molar refractivity (Wildman–Crippen MR) is 61.0 cm³/mol. The van der Waals surface area contributed by atoms with Crippen molar-refractivity contribution in [1.82, 2.24) is 15.0 Å². The Kier molecular flexibility index (Phi) is 4.82. The number of aliphatic hydroxyl groups excluding tert-OH is 2. The number of nitrogens with one attached hydrogen (secondary N) is 2. The zero-order valence-corrected chi connectivity index (χ0v) is 9.57. The lowest BCUT2D eigenvalue weighted by Crippen LogP contribution is -2.31. The Morgan fingerprint density at radius 1 is 1.13 bits per heavy atom. The molecule has 0 atom stereocenters. The number of aromatic amines is 2. The van der Waals surface area contributed by atoms with Crippen molar-refractivity contribution in [2.45, 2.75) is 0 Å². The first-order chi connectivity index (χ1) is 7.17. The van der Waals surface area contributed by atoms with Crippen LogP contribution in [0.2, 0.25) is 0 Å². The summed E-state index contributed by atoms with van der Waals surface area (Å²) < 4.78 is 0.639. The summed E-state index contributed by atoms with van der Waals surface area (Å²) in [5.74, 6) is 0.451.